The molecule has 9 rings (SSSR count). The molecule has 262 valence electrons. The highest BCUT2D eigenvalue weighted by Gasteiger charge is 2.47. The van der Waals surface area contributed by atoms with Gasteiger partial charge < -0.3 is 9.47 Å². The van der Waals surface area contributed by atoms with Crippen LogP contribution in [0.25, 0.3) is 54.2 Å². The predicted molar refractivity (Wildman–Crippen MR) is 219 cm³/mol. The Balaban J connectivity index is 1.33. The largest absolute Gasteiger partial charge is 0.426 e. The number of carbonyl (C=O) groups is 2. The Morgan fingerprint density at radius 3 is 1.43 bits per heavy atom. The zero-order chi connectivity index (χ0) is 37.4. The van der Waals surface area contributed by atoms with E-state index in [9.17, 15) is 9.59 Å². The number of hydrogen-bond donors (Lipinski definition) is 0. The zero-order valence-corrected chi connectivity index (χ0v) is 30.7. The molecule has 0 unspecified atom stereocenters. The molecule has 8 aromatic carbocycles. The Morgan fingerprint density at radius 1 is 0.519 bits per heavy atom. The molecule has 0 fully saturated rings. The number of benzene rings is 8. The molecule has 0 saturated heterocycles. The first-order chi connectivity index (χ1) is 26.0. The summed E-state index contributed by atoms with van der Waals surface area (Å²) in [4.78, 5) is 25.1. The van der Waals surface area contributed by atoms with Crippen LogP contribution in [0.4, 0.5) is 0 Å². The number of esters is 2. The molecule has 4 nitrogen and oxygen atoms in total. The first-order valence-electron chi connectivity index (χ1n) is 18.3. The Bertz CT molecular complexity index is 2800. The normalized spacial score (nSPS) is 13.2. The molecular weight excluding hydrogens is 665 g/mol. The first kappa shape index (κ1) is 33.3. The molecule has 0 atom stereocenters. The standard InChI is InChI=1S/C50H38O4/c1-30(2)47(51)53-39-22-16-33-26-37(20-14-35(33)28-39)50(38-21-15-36-29-40(23-17-34(36)27-38)54-48(52)49(3,4)5)43-24-18-31-10-6-8-12-41(31)45(43)46-42-13-9-7-11-32(42)19-25-44(46)50/h6-29H,1H2,2-5H3. The Labute approximate surface area is 314 Å². The van der Waals surface area contributed by atoms with Gasteiger partial charge in [-0.25, -0.2) is 4.79 Å². The number of carbonyl (C=O) groups excluding carboxylic acids is 2. The lowest BCUT2D eigenvalue weighted by Gasteiger charge is -2.34. The van der Waals surface area contributed by atoms with E-state index in [-0.39, 0.29) is 5.97 Å². The van der Waals surface area contributed by atoms with Crippen LogP contribution in [0.15, 0.2) is 158 Å². The molecule has 54 heavy (non-hydrogen) atoms. The van der Waals surface area contributed by atoms with E-state index >= 15 is 0 Å². The van der Waals surface area contributed by atoms with Crippen molar-refractivity contribution in [3.63, 3.8) is 0 Å². The summed E-state index contributed by atoms with van der Waals surface area (Å²) >= 11 is 0. The van der Waals surface area contributed by atoms with Gasteiger partial charge in [-0.05, 0) is 141 Å². The molecule has 0 aromatic heterocycles. The minimum Gasteiger partial charge on any atom is -0.426 e. The maximum absolute atomic E-state index is 12.8. The molecule has 4 heteroatoms. The van der Waals surface area contributed by atoms with Gasteiger partial charge in [-0.3, -0.25) is 4.79 Å². The number of hydrogen-bond acceptors (Lipinski definition) is 4. The number of rotatable bonds is 5. The molecule has 0 saturated carbocycles. The predicted octanol–water partition coefficient (Wildman–Crippen LogP) is 12.1. The fourth-order valence-electron chi connectivity index (χ4n) is 8.14. The minimum absolute atomic E-state index is 0.270. The van der Waals surface area contributed by atoms with Crippen molar-refractivity contribution < 1.29 is 19.1 Å². The van der Waals surface area contributed by atoms with Crippen LogP contribution in [0.5, 0.6) is 11.5 Å². The van der Waals surface area contributed by atoms with Crippen LogP contribution < -0.4 is 9.47 Å². The van der Waals surface area contributed by atoms with Crippen molar-refractivity contribution in [2.45, 2.75) is 33.1 Å². The van der Waals surface area contributed by atoms with Gasteiger partial charge in [0.05, 0.1) is 10.8 Å². The van der Waals surface area contributed by atoms with Crippen LogP contribution in [0, 0.1) is 5.41 Å². The molecule has 0 spiro atoms. The summed E-state index contributed by atoms with van der Waals surface area (Å²) in [6, 6.07) is 51.4. The SMILES string of the molecule is C=C(C)C(=O)Oc1ccc2cc(C3(c4ccc5cc(OC(=O)C(C)(C)C)ccc5c4)c4ccc5ccccc5c4-c4c3ccc3ccccc43)ccc2c1. The Morgan fingerprint density at radius 2 is 0.944 bits per heavy atom. The fourth-order valence-corrected chi connectivity index (χ4v) is 8.14. The van der Waals surface area contributed by atoms with Crippen molar-refractivity contribution in [1.82, 2.24) is 0 Å². The van der Waals surface area contributed by atoms with Gasteiger partial charge >= 0.3 is 11.9 Å². The second-order valence-electron chi connectivity index (χ2n) is 15.4. The average molecular weight is 703 g/mol. The van der Waals surface area contributed by atoms with Gasteiger partial charge in [0.25, 0.3) is 0 Å². The van der Waals surface area contributed by atoms with Crippen LogP contribution in [-0.2, 0) is 15.0 Å². The molecular formula is C50H38O4. The lowest BCUT2D eigenvalue weighted by Crippen LogP contribution is -2.28. The summed E-state index contributed by atoms with van der Waals surface area (Å²) in [6.45, 7) is 10.9. The maximum atomic E-state index is 12.8. The Kier molecular flexibility index (Phi) is 7.58. The van der Waals surface area contributed by atoms with Crippen molar-refractivity contribution >= 4 is 55.0 Å². The van der Waals surface area contributed by atoms with Gasteiger partial charge in [0.15, 0.2) is 0 Å². The fraction of sp³-hybridized carbons (Fsp3) is 0.120. The molecule has 1 aliphatic carbocycles. The van der Waals surface area contributed by atoms with Crippen molar-refractivity contribution in [2.75, 3.05) is 0 Å². The number of ether oxygens (including phenoxy) is 2. The third-order valence-corrected chi connectivity index (χ3v) is 10.8. The summed E-state index contributed by atoms with van der Waals surface area (Å²) < 4.78 is 11.4. The van der Waals surface area contributed by atoms with Crippen LogP contribution in [0.1, 0.15) is 49.9 Å². The molecule has 8 aromatic rings. The van der Waals surface area contributed by atoms with Gasteiger partial charge in [0, 0.05) is 5.57 Å². The Hall–Kier alpha value is -6.52. The van der Waals surface area contributed by atoms with Gasteiger partial charge in [-0.1, -0.05) is 116 Å². The van der Waals surface area contributed by atoms with Gasteiger partial charge in [0.1, 0.15) is 11.5 Å². The molecule has 0 heterocycles. The van der Waals surface area contributed by atoms with E-state index in [4.69, 9.17) is 9.47 Å². The van der Waals surface area contributed by atoms with E-state index in [1.807, 2.05) is 57.2 Å². The second-order valence-corrected chi connectivity index (χ2v) is 15.4. The van der Waals surface area contributed by atoms with E-state index in [1.54, 1.807) is 6.92 Å². The van der Waals surface area contributed by atoms with Crippen molar-refractivity contribution in [1.29, 1.82) is 0 Å². The lowest BCUT2D eigenvalue weighted by atomic mass is 9.67. The molecule has 0 amide bonds. The van der Waals surface area contributed by atoms with E-state index in [0.29, 0.717) is 17.1 Å². The highest BCUT2D eigenvalue weighted by molar-refractivity contribution is 6.12. The third-order valence-electron chi connectivity index (χ3n) is 10.8. The quantitative estimate of drug-likeness (QED) is 0.102. The summed E-state index contributed by atoms with van der Waals surface area (Å²) in [5.74, 6) is 0.296. The van der Waals surface area contributed by atoms with Crippen LogP contribution in [0.2, 0.25) is 0 Å². The zero-order valence-electron chi connectivity index (χ0n) is 30.7. The molecule has 0 N–H and O–H groups in total. The summed E-state index contributed by atoms with van der Waals surface area (Å²) in [7, 11) is 0. The van der Waals surface area contributed by atoms with E-state index in [1.165, 1.54) is 43.8 Å². The number of fused-ring (bicyclic) bond motifs is 9. The van der Waals surface area contributed by atoms with Gasteiger partial charge in [-0.15, -0.1) is 0 Å². The minimum atomic E-state index is -0.691. The van der Waals surface area contributed by atoms with E-state index in [0.717, 1.165) is 32.7 Å². The van der Waals surface area contributed by atoms with E-state index < -0.39 is 16.8 Å². The molecule has 1 aliphatic rings. The molecule has 0 aliphatic heterocycles. The smallest absolute Gasteiger partial charge is 0.338 e. The topological polar surface area (TPSA) is 52.6 Å². The van der Waals surface area contributed by atoms with Crippen molar-refractivity contribution in [2.24, 2.45) is 5.41 Å². The van der Waals surface area contributed by atoms with Crippen molar-refractivity contribution in [3.8, 4) is 22.6 Å². The highest BCUT2D eigenvalue weighted by Crippen LogP contribution is 2.60. The summed E-state index contributed by atoms with van der Waals surface area (Å²) in [6.07, 6.45) is 0. The van der Waals surface area contributed by atoms with Crippen LogP contribution in [0.3, 0.4) is 0 Å². The van der Waals surface area contributed by atoms with Gasteiger partial charge in [-0.2, -0.15) is 0 Å². The van der Waals surface area contributed by atoms with Crippen LogP contribution >= 0.6 is 0 Å². The van der Waals surface area contributed by atoms with E-state index in [2.05, 4.69) is 116 Å². The molecule has 0 radical (unpaired) electrons. The average Bonchev–Trinajstić information content (AvgIpc) is 3.49. The first-order valence-corrected chi connectivity index (χ1v) is 18.3. The van der Waals surface area contributed by atoms with Gasteiger partial charge in [0.2, 0.25) is 0 Å². The highest BCUT2D eigenvalue weighted by atomic mass is 16.5. The summed E-state index contributed by atoms with van der Waals surface area (Å²) in [5.41, 5.74) is 6.22. The van der Waals surface area contributed by atoms with Crippen LogP contribution in [-0.4, -0.2) is 11.9 Å². The third kappa shape index (κ3) is 5.21. The maximum Gasteiger partial charge on any atom is 0.338 e. The van der Waals surface area contributed by atoms with Crippen molar-refractivity contribution in [3.05, 3.63) is 180 Å². The molecule has 0 bridgehead atoms. The summed E-state index contributed by atoms with van der Waals surface area (Å²) in [5, 5.41) is 8.84. The second kappa shape index (κ2) is 12.3. The lowest BCUT2D eigenvalue weighted by molar-refractivity contribution is -0.143. The monoisotopic (exact) mass is 702 g/mol.